The molecule has 4 rings (SSSR count). The lowest BCUT2D eigenvalue weighted by Crippen LogP contribution is -2.24. The third kappa shape index (κ3) is 6.70. The average Bonchev–Trinajstić information content (AvgIpc) is 3.35. The number of methoxy groups -OCH3 is 1. The molecule has 1 aliphatic rings. The standard InChI is InChI=1S/C29H33ClN2O4/c1-29(2,3)36-28(33)20-9-11-23(12-10-20)32(19-22-17-21(30)15-16-31-22)24-13-14-26(34-4)27(18-24)35-25-7-5-6-8-25/h9-18,25H,5-8,19H2,1-4H3. The smallest absolute Gasteiger partial charge is 0.338 e. The molecular formula is C29H33ClN2O4. The molecule has 0 saturated heterocycles. The van der Waals surface area contributed by atoms with Crippen molar-refractivity contribution in [2.45, 2.75) is 64.7 Å². The number of aromatic nitrogens is 1. The lowest BCUT2D eigenvalue weighted by atomic mass is 10.1. The molecule has 0 atom stereocenters. The number of rotatable bonds is 8. The second-order valence-corrected chi connectivity index (χ2v) is 10.4. The van der Waals surface area contributed by atoms with Crippen molar-refractivity contribution in [3.05, 3.63) is 77.1 Å². The Bertz CT molecular complexity index is 1180. The Kier molecular flexibility index (Phi) is 8.04. The average molecular weight is 509 g/mol. The summed E-state index contributed by atoms with van der Waals surface area (Å²) < 4.78 is 17.4. The number of hydrogen-bond donors (Lipinski definition) is 0. The summed E-state index contributed by atoms with van der Waals surface area (Å²) in [6.45, 7) is 6.04. The molecule has 0 radical (unpaired) electrons. The zero-order valence-corrected chi connectivity index (χ0v) is 22.0. The predicted molar refractivity (Wildman–Crippen MR) is 143 cm³/mol. The van der Waals surface area contributed by atoms with Crippen LogP contribution in [0.4, 0.5) is 11.4 Å². The largest absolute Gasteiger partial charge is 0.493 e. The highest BCUT2D eigenvalue weighted by atomic mass is 35.5. The first kappa shape index (κ1) is 25.8. The molecule has 7 heteroatoms. The fourth-order valence-electron chi connectivity index (χ4n) is 4.25. The zero-order valence-electron chi connectivity index (χ0n) is 21.3. The molecule has 36 heavy (non-hydrogen) atoms. The van der Waals surface area contributed by atoms with E-state index in [1.807, 2.05) is 57.2 Å². The number of pyridine rings is 1. The van der Waals surface area contributed by atoms with Crippen molar-refractivity contribution in [2.24, 2.45) is 0 Å². The Labute approximate surface area is 218 Å². The number of halogens is 1. The van der Waals surface area contributed by atoms with E-state index in [2.05, 4.69) is 9.88 Å². The highest BCUT2D eigenvalue weighted by molar-refractivity contribution is 6.30. The lowest BCUT2D eigenvalue weighted by Gasteiger charge is -2.27. The van der Waals surface area contributed by atoms with Gasteiger partial charge in [0.15, 0.2) is 11.5 Å². The Balaban J connectivity index is 1.68. The molecule has 0 N–H and O–H groups in total. The molecule has 1 saturated carbocycles. The van der Waals surface area contributed by atoms with Gasteiger partial charge in [0, 0.05) is 28.7 Å². The maximum atomic E-state index is 12.5. The number of carbonyl (C=O) groups is 1. The minimum absolute atomic E-state index is 0.199. The summed E-state index contributed by atoms with van der Waals surface area (Å²) in [6.07, 6.45) is 6.37. The number of anilines is 2. The normalized spacial score (nSPS) is 13.9. The van der Waals surface area contributed by atoms with Crippen LogP contribution in [-0.2, 0) is 11.3 Å². The van der Waals surface area contributed by atoms with Crippen molar-refractivity contribution in [3.8, 4) is 11.5 Å². The SMILES string of the molecule is COc1ccc(N(Cc2cc(Cl)ccn2)c2ccc(C(=O)OC(C)(C)C)cc2)cc1OC1CCCC1. The molecule has 1 aliphatic carbocycles. The molecule has 0 aliphatic heterocycles. The van der Waals surface area contributed by atoms with E-state index in [0.717, 1.165) is 35.7 Å². The van der Waals surface area contributed by atoms with Crippen molar-refractivity contribution in [3.63, 3.8) is 0 Å². The molecule has 1 heterocycles. The predicted octanol–water partition coefficient (Wildman–Crippen LogP) is 7.36. The number of benzene rings is 2. The minimum atomic E-state index is -0.557. The van der Waals surface area contributed by atoms with Crippen LogP contribution in [0.2, 0.25) is 5.02 Å². The van der Waals surface area contributed by atoms with Crippen LogP contribution in [0.15, 0.2) is 60.8 Å². The molecule has 3 aromatic rings. The summed E-state index contributed by atoms with van der Waals surface area (Å²) in [4.78, 5) is 19.1. The fraction of sp³-hybridized carbons (Fsp3) is 0.379. The number of esters is 1. The maximum absolute atomic E-state index is 12.5. The second kappa shape index (κ2) is 11.2. The number of ether oxygens (including phenoxy) is 3. The molecule has 0 amide bonds. The molecule has 190 valence electrons. The van der Waals surface area contributed by atoms with Crippen LogP contribution in [0.25, 0.3) is 0 Å². The first-order chi connectivity index (χ1) is 17.2. The summed E-state index contributed by atoms with van der Waals surface area (Å²) in [5.74, 6) is 1.07. The highest BCUT2D eigenvalue weighted by Gasteiger charge is 2.21. The Morgan fingerprint density at radius 3 is 2.33 bits per heavy atom. The van der Waals surface area contributed by atoms with Gasteiger partial charge in [-0.2, -0.15) is 0 Å². The van der Waals surface area contributed by atoms with Crippen molar-refractivity contribution in [1.82, 2.24) is 4.98 Å². The van der Waals surface area contributed by atoms with Gasteiger partial charge in [-0.25, -0.2) is 4.79 Å². The Morgan fingerprint density at radius 2 is 1.69 bits per heavy atom. The van der Waals surface area contributed by atoms with E-state index >= 15 is 0 Å². The third-order valence-electron chi connectivity index (χ3n) is 5.97. The van der Waals surface area contributed by atoms with E-state index in [0.29, 0.717) is 22.9 Å². The third-order valence-corrected chi connectivity index (χ3v) is 6.20. The molecule has 2 aromatic carbocycles. The molecule has 0 bridgehead atoms. The first-order valence-electron chi connectivity index (χ1n) is 12.3. The van der Waals surface area contributed by atoms with E-state index in [-0.39, 0.29) is 12.1 Å². The Morgan fingerprint density at radius 1 is 1.00 bits per heavy atom. The van der Waals surface area contributed by atoms with E-state index < -0.39 is 5.60 Å². The van der Waals surface area contributed by atoms with E-state index in [9.17, 15) is 4.79 Å². The van der Waals surface area contributed by atoms with Crippen LogP contribution >= 0.6 is 11.6 Å². The van der Waals surface area contributed by atoms with Gasteiger partial charge in [-0.1, -0.05) is 11.6 Å². The molecule has 0 unspecified atom stereocenters. The van der Waals surface area contributed by atoms with Crippen LogP contribution in [0.1, 0.15) is 62.5 Å². The van der Waals surface area contributed by atoms with E-state index in [1.165, 1.54) is 12.8 Å². The van der Waals surface area contributed by atoms with Crippen molar-refractivity contribution >= 4 is 28.9 Å². The Hall–Kier alpha value is -3.25. The number of hydrogen-bond acceptors (Lipinski definition) is 6. The van der Waals surface area contributed by atoms with Crippen LogP contribution in [0.5, 0.6) is 11.5 Å². The van der Waals surface area contributed by atoms with Gasteiger partial charge >= 0.3 is 5.97 Å². The van der Waals surface area contributed by atoms with Gasteiger partial charge in [0.1, 0.15) is 5.60 Å². The van der Waals surface area contributed by atoms with Crippen LogP contribution in [0, 0.1) is 0 Å². The molecule has 1 aromatic heterocycles. The van der Waals surface area contributed by atoms with Crippen LogP contribution < -0.4 is 14.4 Å². The molecule has 6 nitrogen and oxygen atoms in total. The van der Waals surface area contributed by atoms with Gasteiger partial charge in [-0.15, -0.1) is 0 Å². The van der Waals surface area contributed by atoms with Crippen LogP contribution in [0.3, 0.4) is 0 Å². The van der Waals surface area contributed by atoms with Gasteiger partial charge in [0.05, 0.1) is 31.0 Å². The monoisotopic (exact) mass is 508 g/mol. The second-order valence-electron chi connectivity index (χ2n) is 9.96. The molecule has 1 fully saturated rings. The van der Waals surface area contributed by atoms with Crippen molar-refractivity contribution < 1.29 is 19.0 Å². The van der Waals surface area contributed by atoms with Gasteiger partial charge in [-0.3, -0.25) is 4.98 Å². The van der Waals surface area contributed by atoms with Gasteiger partial charge < -0.3 is 19.1 Å². The lowest BCUT2D eigenvalue weighted by molar-refractivity contribution is 0.00695. The van der Waals surface area contributed by atoms with Crippen molar-refractivity contribution in [2.75, 3.05) is 12.0 Å². The van der Waals surface area contributed by atoms with Crippen LogP contribution in [-0.4, -0.2) is 29.8 Å². The summed E-state index contributed by atoms with van der Waals surface area (Å²) in [7, 11) is 1.65. The van der Waals surface area contributed by atoms with E-state index in [1.54, 1.807) is 31.5 Å². The summed E-state index contributed by atoms with van der Waals surface area (Å²) in [5.41, 5.74) is 2.55. The van der Waals surface area contributed by atoms with E-state index in [4.69, 9.17) is 25.8 Å². The summed E-state index contributed by atoms with van der Waals surface area (Å²) in [5, 5.41) is 0.625. The number of nitrogens with zero attached hydrogens (tertiary/aromatic N) is 2. The maximum Gasteiger partial charge on any atom is 0.338 e. The van der Waals surface area contributed by atoms with Gasteiger partial charge in [0.2, 0.25) is 0 Å². The first-order valence-corrected chi connectivity index (χ1v) is 12.7. The topological polar surface area (TPSA) is 60.9 Å². The highest BCUT2D eigenvalue weighted by Crippen LogP contribution is 2.38. The summed E-state index contributed by atoms with van der Waals surface area (Å²) in [6, 6.07) is 16.9. The quantitative estimate of drug-likeness (QED) is 0.296. The zero-order chi connectivity index (χ0) is 25.7. The van der Waals surface area contributed by atoms with Crippen molar-refractivity contribution in [1.29, 1.82) is 0 Å². The molecule has 0 spiro atoms. The van der Waals surface area contributed by atoms with Gasteiger partial charge in [0.25, 0.3) is 0 Å². The summed E-state index contributed by atoms with van der Waals surface area (Å²) >= 11 is 6.24. The molecular weight excluding hydrogens is 476 g/mol. The fourth-order valence-corrected chi connectivity index (χ4v) is 4.44. The van der Waals surface area contributed by atoms with Gasteiger partial charge in [-0.05, 0) is 95.0 Å². The number of carbonyl (C=O) groups excluding carboxylic acids is 1. The minimum Gasteiger partial charge on any atom is -0.493 e.